The Morgan fingerprint density at radius 1 is 1.33 bits per heavy atom. The van der Waals surface area contributed by atoms with Gasteiger partial charge in [0, 0.05) is 30.0 Å². The molecule has 0 saturated heterocycles. The molecule has 1 aromatic carbocycles. The molecule has 0 fully saturated rings. The van der Waals surface area contributed by atoms with Gasteiger partial charge < -0.3 is 15.0 Å². The first-order valence-electron chi connectivity index (χ1n) is 5.31. The van der Waals surface area contributed by atoms with Gasteiger partial charge in [-0.15, -0.1) is 0 Å². The first-order chi connectivity index (χ1) is 8.56. The van der Waals surface area contributed by atoms with Gasteiger partial charge >= 0.3 is 0 Å². The second-order valence-corrected chi connectivity index (χ2v) is 4.66. The maximum Gasteiger partial charge on any atom is 0.144 e. The lowest BCUT2D eigenvalue weighted by Gasteiger charge is -2.18. The van der Waals surface area contributed by atoms with Crippen molar-refractivity contribution in [3.05, 3.63) is 46.0 Å². The number of rotatable bonds is 3. The molecule has 2 N–H and O–H groups in total. The van der Waals surface area contributed by atoms with Crippen LogP contribution in [0.1, 0.15) is 17.4 Å². The standard InChI is InChI=1S/C12H13Cl2N3O/c1-17-6-5-16-12(17)10(15)9-7(13)3-4-8(14)11(9)18-2/h3-6,10H,15H2,1-2H3. The average molecular weight is 286 g/mol. The predicted molar refractivity (Wildman–Crippen MR) is 72.3 cm³/mol. The van der Waals surface area contributed by atoms with Crippen LogP contribution in [0.15, 0.2) is 24.5 Å². The van der Waals surface area contributed by atoms with Gasteiger partial charge in [0.05, 0.1) is 18.2 Å². The Morgan fingerprint density at radius 3 is 2.56 bits per heavy atom. The predicted octanol–water partition coefficient (Wildman–Crippen LogP) is 2.78. The van der Waals surface area contributed by atoms with E-state index in [1.54, 1.807) is 18.3 Å². The largest absolute Gasteiger partial charge is 0.495 e. The Morgan fingerprint density at radius 2 is 2.00 bits per heavy atom. The van der Waals surface area contributed by atoms with E-state index in [0.29, 0.717) is 27.2 Å². The molecule has 0 amide bonds. The van der Waals surface area contributed by atoms with Crippen molar-refractivity contribution in [1.29, 1.82) is 0 Å². The molecule has 1 aromatic heterocycles. The van der Waals surface area contributed by atoms with Gasteiger partial charge in [-0.1, -0.05) is 23.2 Å². The first-order valence-corrected chi connectivity index (χ1v) is 6.06. The highest BCUT2D eigenvalue weighted by Gasteiger charge is 2.22. The van der Waals surface area contributed by atoms with Crippen molar-refractivity contribution in [2.24, 2.45) is 12.8 Å². The number of imidazole rings is 1. The summed E-state index contributed by atoms with van der Waals surface area (Å²) < 4.78 is 7.12. The van der Waals surface area contributed by atoms with Gasteiger partial charge in [0.15, 0.2) is 0 Å². The Hall–Kier alpha value is -1.23. The molecular formula is C12H13Cl2N3O. The van der Waals surface area contributed by atoms with E-state index in [4.69, 9.17) is 33.7 Å². The van der Waals surface area contributed by atoms with E-state index in [2.05, 4.69) is 4.98 Å². The van der Waals surface area contributed by atoms with E-state index in [1.165, 1.54) is 7.11 Å². The number of nitrogens with zero attached hydrogens (tertiary/aromatic N) is 2. The van der Waals surface area contributed by atoms with E-state index in [9.17, 15) is 0 Å². The minimum Gasteiger partial charge on any atom is -0.495 e. The van der Waals surface area contributed by atoms with Crippen LogP contribution < -0.4 is 10.5 Å². The smallest absolute Gasteiger partial charge is 0.144 e. The fraction of sp³-hybridized carbons (Fsp3) is 0.250. The second kappa shape index (κ2) is 5.18. The van der Waals surface area contributed by atoms with Crippen molar-refractivity contribution in [2.75, 3.05) is 7.11 Å². The highest BCUT2D eigenvalue weighted by Crippen LogP contribution is 2.38. The SMILES string of the molecule is COc1c(Cl)ccc(Cl)c1C(N)c1nccn1C. The summed E-state index contributed by atoms with van der Waals surface area (Å²) in [4.78, 5) is 4.22. The molecule has 18 heavy (non-hydrogen) atoms. The van der Waals surface area contributed by atoms with E-state index >= 15 is 0 Å². The molecule has 0 bridgehead atoms. The zero-order chi connectivity index (χ0) is 13.3. The van der Waals surface area contributed by atoms with Gasteiger partial charge in [-0.05, 0) is 12.1 Å². The van der Waals surface area contributed by atoms with Gasteiger partial charge in [-0.3, -0.25) is 0 Å². The molecular weight excluding hydrogens is 273 g/mol. The monoisotopic (exact) mass is 285 g/mol. The van der Waals surface area contributed by atoms with Crippen LogP contribution in [0.4, 0.5) is 0 Å². The van der Waals surface area contributed by atoms with Gasteiger partial charge in [0.1, 0.15) is 11.6 Å². The molecule has 1 heterocycles. The lowest BCUT2D eigenvalue weighted by Crippen LogP contribution is -2.18. The number of aromatic nitrogens is 2. The van der Waals surface area contributed by atoms with Gasteiger partial charge in [-0.2, -0.15) is 0 Å². The number of benzene rings is 1. The Labute approximate surface area is 115 Å². The third-order valence-electron chi connectivity index (χ3n) is 2.75. The van der Waals surface area contributed by atoms with Crippen molar-refractivity contribution < 1.29 is 4.74 Å². The molecule has 0 saturated carbocycles. The van der Waals surface area contributed by atoms with Crippen molar-refractivity contribution in [3.8, 4) is 5.75 Å². The lowest BCUT2D eigenvalue weighted by atomic mass is 10.1. The molecule has 6 heteroatoms. The number of ether oxygens (including phenoxy) is 1. The van der Waals surface area contributed by atoms with Crippen molar-refractivity contribution >= 4 is 23.2 Å². The molecule has 1 atom stereocenters. The maximum atomic E-state index is 6.20. The summed E-state index contributed by atoms with van der Waals surface area (Å²) in [6.45, 7) is 0. The molecule has 0 aliphatic carbocycles. The van der Waals surface area contributed by atoms with Crippen LogP contribution >= 0.6 is 23.2 Å². The minimum absolute atomic E-state index is 0.474. The fourth-order valence-corrected chi connectivity index (χ4v) is 2.36. The van der Waals surface area contributed by atoms with E-state index in [1.807, 2.05) is 17.8 Å². The molecule has 2 aromatic rings. The Balaban J connectivity index is 2.57. The molecule has 4 nitrogen and oxygen atoms in total. The van der Waals surface area contributed by atoms with Crippen molar-refractivity contribution in [1.82, 2.24) is 9.55 Å². The summed E-state index contributed by atoms with van der Waals surface area (Å²) in [6.07, 6.45) is 3.50. The van der Waals surface area contributed by atoms with Gasteiger partial charge in [0.25, 0.3) is 0 Å². The summed E-state index contributed by atoms with van der Waals surface area (Å²) in [6, 6.07) is 2.88. The minimum atomic E-state index is -0.494. The van der Waals surface area contributed by atoms with Crippen LogP contribution in [0.25, 0.3) is 0 Å². The highest BCUT2D eigenvalue weighted by atomic mass is 35.5. The van der Waals surface area contributed by atoms with E-state index in [0.717, 1.165) is 0 Å². The van der Waals surface area contributed by atoms with Crippen molar-refractivity contribution in [2.45, 2.75) is 6.04 Å². The summed E-state index contributed by atoms with van der Waals surface area (Å²) in [5.41, 5.74) is 6.84. The average Bonchev–Trinajstić information content (AvgIpc) is 2.77. The summed E-state index contributed by atoms with van der Waals surface area (Å²) in [5, 5.41) is 0.980. The number of nitrogens with two attached hydrogens (primary N) is 1. The van der Waals surface area contributed by atoms with Crippen LogP contribution in [-0.4, -0.2) is 16.7 Å². The summed E-state index contributed by atoms with van der Waals surface area (Å²) in [7, 11) is 3.40. The fourth-order valence-electron chi connectivity index (χ4n) is 1.85. The topological polar surface area (TPSA) is 53.1 Å². The van der Waals surface area contributed by atoms with Crippen LogP contribution in [0.5, 0.6) is 5.75 Å². The second-order valence-electron chi connectivity index (χ2n) is 3.85. The van der Waals surface area contributed by atoms with Crippen molar-refractivity contribution in [3.63, 3.8) is 0 Å². The third-order valence-corrected chi connectivity index (χ3v) is 3.37. The van der Waals surface area contributed by atoms with Gasteiger partial charge in [-0.25, -0.2) is 4.98 Å². The molecule has 0 aliphatic rings. The van der Waals surface area contributed by atoms with Crippen LogP contribution in [0, 0.1) is 0 Å². The first kappa shape index (κ1) is 13.2. The number of hydrogen-bond donors (Lipinski definition) is 1. The van der Waals surface area contributed by atoms with Gasteiger partial charge in [0.2, 0.25) is 0 Å². The van der Waals surface area contributed by atoms with E-state index in [-0.39, 0.29) is 0 Å². The van der Waals surface area contributed by atoms with Crippen LogP contribution in [-0.2, 0) is 7.05 Å². The highest BCUT2D eigenvalue weighted by molar-refractivity contribution is 6.35. The Bertz CT molecular complexity index is 568. The zero-order valence-electron chi connectivity index (χ0n) is 10.0. The Kier molecular flexibility index (Phi) is 3.80. The normalized spacial score (nSPS) is 12.5. The molecule has 1 unspecified atom stereocenters. The van der Waals surface area contributed by atoms with Crippen LogP contribution in [0.3, 0.4) is 0 Å². The molecule has 2 rings (SSSR count). The molecule has 0 aliphatic heterocycles. The summed E-state index contributed by atoms with van der Waals surface area (Å²) >= 11 is 12.3. The molecule has 0 spiro atoms. The lowest BCUT2D eigenvalue weighted by molar-refractivity contribution is 0.407. The number of aryl methyl sites for hydroxylation is 1. The number of hydrogen-bond acceptors (Lipinski definition) is 3. The zero-order valence-corrected chi connectivity index (χ0v) is 11.5. The molecule has 96 valence electrons. The number of halogens is 2. The van der Waals surface area contributed by atoms with E-state index < -0.39 is 6.04 Å². The number of methoxy groups -OCH3 is 1. The maximum absolute atomic E-state index is 6.20. The quantitative estimate of drug-likeness (QED) is 0.944. The summed E-state index contributed by atoms with van der Waals surface area (Å²) in [5.74, 6) is 1.18. The molecule has 0 radical (unpaired) electrons. The van der Waals surface area contributed by atoms with Crippen LogP contribution in [0.2, 0.25) is 10.0 Å². The third kappa shape index (κ3) is 2.19.